The summed E-state index contributed by atoms with van der Waals surface area (Å²) in [6.45, 7) is 0. The molecule has 0 saturated carbocycles. The highest BCUT2D eigenvalue weighted by atomic mass is 32.1. The molecule has 0 spiro atoms. The Labute approximate surface area is 444 Å². The van der Waals surface area contributed by atoms with E-state index in [9.17, 15) is 0 Å². The van der Waals surface area contributed by atoms with Gasteiger partial charge in [-0.1, -0.05) is 231 Å². The summed E-state index contributed by atoms with van der Waals surface area (Å²) in [6, 6.07) is 104. The van der Waals surface area contributed by atoms with Crippen molar-refractivity contribution in [2.75, 3.05) is 0 Å². The molecule has 15 rings (SSSR count). The summed E-state index contributed by atoms with van der Waals surface area (Å²) in [5.41, 5.74) is 21.9. The molecule has 0 unspecified atom stereocenters. The van der Waals surface area contributed by atoms with E-state index in [1.54, 1.807) is 0 Å². The molecular weight excluding hydrogens is 941 g/mol. The van der Waals surface area contributed by atoms with E-state index in [0.717, 1.165) is 0 Å². The van der Waals surface area contributed by atoms with Crippen LogP contribution >= 0.6 is 22.7 Å². The van der Waals surface area contributed by atoms with Gasteiger partial charge in [-0.25, -0.2) is 0 Å². The number of benzene rings is 12. The summed E-state index contributed by atoms with van der Waals surface area (Å²) in [5.74, 6) is 0. The Kier molecular flexibility index (Phi) is 10.3. The van der Waals surface area contributed by atoms with Crippen LogP contribution in [0.1, 0.15) is 22.3 Å². The SMILES string of the molecule is c1ccc(-c2ccc3sc4c(-c5ccc(C6(c7ccc(-c8cc(-c9ccccc9)cc9c8sc8ccc(-c%10ccccc%10)cc89)cc7)c7ccccc7-c7ccccc76)cc5)cc(-c5ccccc5)cc4c3c2)cc1. The Balaban J connectivity index is 0.897. The van der Waals surface area contributed by atoms with Gasteiger partial charge < -0.3 is 0 Å². The Hall–Kier alpha value is -8.92. The first-order valence-electron chi connectivity index (χ1n) is 25.8. The van der Waals surface area contributed by atoms with Gasteiger partial charge in [0.2, 0.25) is 0 Å². The van der Waals surface area contributed by atoms with Gasteiger partial charge in [-0.2, -0.15) is 0 Å². The topological polar surface area (TPSA) is 0 Å². The molecule has 0 amide bonds. The van der Waals surface area contributed by atoms with Crippen molar-refractivity contribution in [3.05, 3.63) is 301 Å². The van der Waals surface area contributed by atoms with Gasteiger partial charge in [-0.3, -0.25) is 0 Å². The summed E-state index contributed by atoms with van der Waals surface area (Å²) in [5, 5.41) is 5.18. The summed E-state index contributed by atoms with van der Waals surface area (Å²) < 4.78 is 5.22. The minimum atomic E-state index is -0.552. The highest BCUT2D eigenvalue weighted by molar-refractivity contribution is 7.26. The molecule has 0 bridgehead atoms. The number of fused-ring (bicyclic) bond motifs is 9. The standard InChI is InChI=1S/C73H46S2/c1-5-17-47(18-6-1)53-33-39-69-63(41-53)65-45-55(49-21-9-3-10-22-49)43-61(71(65)74-69)51-29-35-57(36-30-51)73(67-27-15-13-25-59(67)60-26-14-16-28-68(60)73)58-37-31-52(32-38-58)62-44-56(50-23-11-4-12-24-50)46-66-64-42-54(48-19-7-2-8-20-48)34-40-70(64)75-72(62)66/h1-46H. The maximum atomic E-state index is 2.41. The van der Waals surface area contributed by atoms with E-state index < -0.39 is 5.41 Å². The maximum absolute atomic E-state index is 2.41. The van der Waals surface area contributed by atoms with E-state index in [0.29, 0.717) is 0 Å². The summed E-state index contributed by atoms with van der Waals surface area (Å²) >= 11 is 3.80. The Bertz CT molecular complexity index is 4180. The van der Waals surface area contributed by atoms with E-state index in [1.807, 2.05) is 22.7 Å². The molecule has 2 heteroatoms. The maximum Gasteiger partial charge on any atom is 0.0713 e. The minimum Gasteiger partial charge on any atom is -0.135 e. The second-order valence-corrected chi connectivity index (χ2v) is 22.0. The first-order chi connectivity index (χ1) is 37.2. The van der Waals surface area contributed by atoms with Crippen LogP contribution in [-0.4, -0.2) is 0 Å². The van der Waals surface area contributed by atoms with Crippen LogP contribution in [0.3, 0.4) is 0 Å². The summed E-state index contributed by atoms with van der Waals surface area (Å²) in [7, 11) is 0. The summed E-state index contributed by atoms with van der Waals surface area (Å²) in [6.07, 6.45) is 0. The van der Waals surface area contributed by atoms with Crippen LogP contribution < -0.4 is 0 Å². The minimum absolute atomic E-state index is 0.552. The van der Waals surface area contributed by atoms with Gasteiger partial charge in [0.25, 0.3) is 0 Å². The number of thiophene rings is 2. The third kappa shape index (κ3) is 7.09. The summed E-state index contributed by atoms with van der Waals surface area (Å²) in [4.78, 5) is 0. The zero-order chi connectivity index (χ0) is 49.5. The van der Waals surface area contributed by atoms with E-state index in [1.165, 1.54) is 140 Å². The molecule has 350 valence electrons. The second-order valence-electron chi connectivity index (χ2n) is 19.9. The van der Waals surface area contributed by atoms with Crippen molar-refractivity contribution in [2.45, 2.75) is 5.41 Å². The van der Waals surface area contributed by atoms with Crippen LogP contribution in [0.25, 0.3) is 118 Å². The van der Waals surface area contributed by atoms with Crippen LogP contribution in [0.5, 0.6) is 0 Å². The lowest BCUT2D eigenvalue weighted by atomic mass is 9.67. The van der Waals surface area contributed by atoms with Crippen LogP contribution in [0.2, 0.25) is 0 Å². The molecule has 0 nitrogen and oxygen atoms in total. The molecule has 0 radical (unpaired) electrons. The first kappa shape index (κ1) is 43.6. The number of hydrogen-bond donors (Lipinski definition) is 0. The van der Waals surface area contributed by atoms with E-state index in [2.05, 4.69) is 279 Å². The first-order valence-corrected chi connectivity index (χ1v) is 27.4. The van der Waals surface area contributed by atoms with Gasteiger partial charge in [0.1, 0.15) is 0 Å². The second kappa shape index (κ2) is 17.6. The lowest BCUT2D eigenvalue weighted by Crippen LogP contribution is -2.28. The van der Waals surface area contributed by atoms with Gasteiger partial charge in [-0.05, 0) is 138 Å². The van der Waals surface area contributed by atoms with Crippen molar-refractivity contribution >= 4 is 63.0 Å². The van der Waals surface area contributed by atoms with Gasteiger partial charge in [0.15, 0.2) is 0 Å². The number of rotatable bonds is 8. The van der Waals surface area contributed by atoms with E-state index in [-0.39, 0.29) is 0 Å². The zero-order valence-electron chi connectivity index (χ0n) is 40.9. The van der Waals surface area contributed by atoms with Crippen LogP contribution in [-0.2, 0) is 5.41 Å². The molecule has 75 heavy (non-hydrogen) atoms. The molecule has 2 aromatic heterocycles. The molecule has 12 aromatic carbocycles. The normalized spacial score (nSPS) is 12.6. The Morgan fingerprint density at radius 1 is 0.213 bits per heavy atom. The van der Waals surface area contributed by atoms with Crippen molar-refractivity contribution in [2.24, 2.45) is 0 Å². The smallest absolute Gasteiger partial charge is 0.0713 e. The average Bonchev–Trinajstić information content (AvgIpc) is 4.20. The van der Waals surface area contributed by atoms with Gasteiger partial charge in [0.05, 0.1) is 5.41 Å². The molecule has 1 aliphatic carbocycles. The Morgan fingerprint density at radius 3 is 0.920 bits per heavy atom. The molecule has 0 saturated heterocycles. The lowest BCUT2D eigenvalue weighted by molar-refractivity contribution is 0.769. The van der Waals surface area contributed by atoms with Crippen molar-refractivity contribution in [3.63, 3.8) is 0 Å². The fraction of sp³-hybridized carbons (Fsp3) is 0.0137. The monoisotopic (exact) mass is 986 g/mol. The molecule has 2 heterocycles. The van der Waals surface area contributed by atoms with E-state index >= 15 is 0 Å². The highest BCUT2D eigenvalue weighted by Crippen LogP contribution is 2.57. The molecule has 0 atom stereocenters. The van der Waals surface area contributed by atoms with Crippen molar-refractivity contribution in [1.82, 2.24) is 0 Å². The van der Waals surface area contributed by atoms with Gasteiger partial charge >= 0.3 is 0 Å². The largest absolute Gasteiger partial charge is 0.135 e. The van der Waals surface area contributed by atoms with Gasteiger partial charge in [-0.15, -0.1) is 22.7 Å². The lowest BCUT2D eigenvalue weighted by Gasteiger charge is -2.34. The fourth-order valence-corrected chi connectivity index (χ4v) is 14.6. The molecular formula is C73H46S2. The van der Waals surface area contributed by atoms with Crippen molar-refractivity contribution in [3.8, 4) is 77.9 Å². The van der Waals surface area contributed by atoms with Gasteiger partial charge in [0, 0.05) is 51.5 Å². The average molecular weight is 987 g/mol. The van der Waals surface area contributed by atoms with Crippen LogP contribution in [0.4, 0.5) is 0 Å². The fourth-order valence-electron chi connectivity index (χ4n) is 12.2. The molecule has 14 aromatic rings. The van der Waals surface area contributed by atoms with Crippen LogP contribution in [0.15, 0.2) is 279 Å². The van der Waals surface area contributed by atoms with Crippen LogP contribution in [0, 0.1) is 0 Å². The third-order valence-electron chi connectivity index (χ3n) is 15.8. The predicted octanol–water partition coefficient (Wildman–Crippen LogP) is 20.8. The molecule has 1 aliphatic rings. The van der Waals surface area contributed by atoms with Crippen molar-refractivity contribution < 1.29 is 0 Å². The number of hydrogen-bond acceptors (Lipinski definition) is 2. The Morgan fingerprint density at radius 2 is 0.533 bits per heavy atom. The molecule has 0 aliphatic heterocycles. The predicted molar refractivity (Wildman–Crippen MR) is 322 cm³/mol. The highest BCUT2D eigenvalue weighted by Gasteiger charge is 2.46. The molecule has 0 fully saturated rings. The third-order valence-corrected chi connectivity index (χ3v) is 18.2. The van der Waals surface area contributed by atoms with Crippen molar-refractivity contribution in [1.29, 1.82) is 0 Å². The quantitative estimate of drug-likeness (QED) is 0.142. The molecule has 0 N–H and O–H groups in total. The van der Waals surface area contributed by atoms with E-state index in [4.69, 9.17) is 0 Å². The zero-order valence-corrected chi connectivity index (χ0v) is 42.5.